The summed E-state index contributed by atoms with van der Waals surface area (Å²) in [6.45, 7) is 2.57. The summed E-state index contributed by atoms with van der Waals surface area (Å²) < 4.78 is 0. The van der Waals surface area contributed by atoms with Crippen LogP contribution in [0.2, 0.25) is 0 Å². The van der Waals surface area contributed by atoms with Gasteiger partial charge in [-0.3, -0.25) is 0 Å². The van der Waals surface area contributed by atoms with Crippen LogP contribution in [0.15, 0.2) is 30.3 Å². The highest BCUT2D eigenvalue weighted by molar-refractivity contribution is 5.17. The van der Waals surface area contributed by atoms with Crippen LogP contribution in [0.3, 0.4) is 0 Å². The molecule has 0 amide bonds. The zero-order valence-electron chi connectivity index (χ0n) is 11.4. The van der Waals surface area contributed by atoms with Gasteiger partial charge in [0.05, 0.1) is 0 Å². The molecule has 4 aliphatic rings. The van der Waals surface area contributed by atoms with Crippen molar-refractivity contribution in [2.45, 2.75) is 45.4 Å². The highest BCUT2D eigenvalue weighted by atomic mass is 14.6. The summed E-state index contributed by atoms with van der Waals surface area (Å²) in [5, 5.41) is 0. The molecule has 18 heavy (non-hydrogen) atoms. The fourth-order valence-electron chi connectivity index (χ4n) is 5.76. The van der Waals surface area contributed by atoms with Gasteiger partial charge in [0.15, 0.2) is 0 Å². The Morgan fingerprint density at radius 1 is 1.00 bits per heavy atom. The number of hydrogen-bond acceptors (Lipinski definition) is 0. The second-order valence-corrected chi connectivity index (χ2v) is 7.63. The third-order valence-corrected chi connectivity index (χ3v) is 6.09. The predicted molar refractivity (Wildman–Crippen MR) is 75.3 cm³/mol. The standard InChI is InChI=1S/C18H24/c1-18-10-14-7-15(11-18)17(16(8-14)12-18)9-13-5-3-2-4-6-13/h2-6,14-17H,7-12H2,1H3. The minimum absolute atomic E-state index is 0.726. The van der Waals surface area contributed by atoms with E-state index < -0.39 is 0 Å². The quantitative estimate of drug-likeness (QED) is 0.703. The van der Waals surface area contributed by atoms with Crippen LogP contribution in [0.4, 0.5) is 0 Å². The lowest BCUT2D eigenvalue weighted by atomic mass is 9.46. The maximum absolute atomic E-state index is 2.57. The molecule has 1 aromatic carbocycles. The Balaban J connectivity index is 1.57. The van der Waals surface area contributed by atoms with Gasteiger partial charge in [-0.2, -0.15) is 0 Å². The maximum Gasteiger partial charge on any atom is -0.0245 e. The van der Waals surface area contributed by atoms with Crippen LogP contribution >= 0.6 is 0 Å². The van der Waals surface area contributed by atoms with Gasteiger partial charge in [0, 0.05) is 0 Å². The summed E-state index contributed by atoms with van der Waals surface area (Å²) >= 11 is 0. The summed E-state index contributed by atoms with van der Waals surface area (Å²) in [4.78, 5) is 0. The van der Waals surface area contributed by atoms with Crippen molar-refractivity contribution in [3.63, 3.8) is 0 Å². The molecule has 0 aliphatic heterocycles. The van der Waals surface area contributed by atoms with Crippen molar-refractivity contribution < 1.29 is 0 Å². The van der Waals surface area contributed by atoms with E-state index in [1.807, 2.05) is 0 Å². The molecule has 2 atom stereocenters. The van der Waals surface area contributed by atoms with Crippen LogP contribution in [0, 0.1) is 29.1 Å². The largest absolute Gasteiger partial charge is 0.0622 e. The van der Waals surface area contributed by atoms with Crippen LogP contribution in [-0.4, -0.2) is 0 Å². The molecule has 0 spiro atoms. The molecule has 4 fully saturated rings. The van der Waals surface area contributed by atoms with Crippen LogP contribution in [0.5, 0.6) is 0 Å². The molecule has 4 saturated carbocycles. The second kappa shape index (κ2) is 3.85. The number of benzene rings is 1. The first-order valence-electron chi connectivity index (χ1n) is 7.76. The first-order valence-corrected chi connectivity index (χ1v) is 7.76. The SMILES string of the molecule is CC12CC3CC(C1)C(Cc1ccccc1)C(C3)C2. The van der Waals surface area contributed by atoms with Crippen LogP contribution in [0.1, 0.15) is 44.6 Å². The van der Waals surface area contributed by atoms with Crippen molar-refractivity contribution in [1.82, 2.24) is 0 Å². The summed E-state index contributed by atoms with van der Waals surface area (Å²) in [5.74, 6) is 4.17. The average Bonchev–Trinajstić information content (AvgIpc) is 2.33. The van der Waals surface area contributed by atoms with E-state index in [4.69, 9.17) is 0 Å². The first kappa shape index (κ1) is 11.1. The van der Waals surface area contributed by atoms with Crippen molar-refractivity contribution in [1.29, 1.82) is 0 Å². The van der Waals surface area contributed by atoms with E-state index in [0.717, 1.165) is 29.1 Å². The monoisotopic (exact) mass is 240 g/mol. The maximum atomic E-state index is 2.57. The Morgan fingerprint density at radius 3 is 2.28 bits per heavy atom. The van der Waals surface area contributed by atoms with E-state index in [1.165, 1.54) is 25.7 Å². The zero-order valence-corrected chi connectivity index (χ0v) is 11.4. The molecule has 0 nitrogen and oxygen atoms in total. The molecule has 96 valence electrons. The van der Waals surface area contributed by atoms with Crippen molar-refractivity contribution in [2.75, 3.05) is 0 Å². The highest BCUT2D eigenvalue weighted by Gasteiger charge is 2.52. The van der Waals surface area contributed by atoms with E-state index in [1.54, 1.807) is 18.4 Å². The van der Waals surface area contributed by atoms with E-state index >= 15 is 0 Å². The minimum atomic E-state index is 0.726. The number of rotatable bonds is 2. The van der Waals surface area contributed by atoms with Gasteiger partial charge in [-0.1, -0.05) is 37.3 Å². The normalized spacial score (nSPS) is 45.4. The summed E-state index contributed by atoms with van der Waals surface area (Å²) in [5.41, 5.74) is 2.30. The molecular formula is C18H24. The smallest absolute Gasteiger partial charge is 0.0245 e. The van der Waals surface area contributed by atoms with Gasteiger partial charge in [-0.05, 0) is 73.2 Å². The van der Waals surface area contributed by atoms with Crippen molar-refractivity contribution >= 4 is 0 Å². The van der Waals surface area contributed by atoms with Gasteiger partial charge < -0.3 is 0 Å². The molecule has 4 bridgehead atoms. The Hall–Kier alpha value is -0.780. The van der Waals surface area contributed by atoms with Crippen LogP contribution in [-0.2, 0) is 6.42 Å². The molecule has 0 aromatic heterocycles. The molecule has 4 aliphatic carbocycles. The molecule has 1 aromatic rings. The third-order valence-electron chi connectivity index (χ3n) is 6.09. The Labute approximate surface area is 111 Å². The van der Waals surface area contributed by atoms with Crippen molar-refractivity contribution in [3.8, 4) is 0 Å². The Kier molecular flexibility index (Phi) is 2.37. The van der Waals surface area contributed by atoms with Gasteiger partial charge in [0.2, 0.25) is 0 Å². The Bertz CT molecular complexity index is 417. The molecule has 0 heteroatoms. The van der Waals surface area contributed by atoms with Crippen LogP contribution < -0.4 is 0 Å². The van der Waals surface area contributed by atoms with Gasteiger partial charge in [-0.25, -0.2) is 0 Å². The lowest BCUT2D eigenvalue weighted by Gasteiger charge is -2.59. The fraction of sp³-hybridized carbons (Fsp3) is 0.667. The Morgan fingerprint density at radius 2 is 1.67 bits per heavy atom. The molecular weight excluding hydrogens is 216 g/mol. The molecule has 0 N–H and O–H groups in total. The number of hydrogen-bond donors (Lipinski definition) is 0. The van der Waals surface area contributed by atoms with E-state index in [9.17, 15) is 0 Å². The summed E-state index contributed by atoms with van der Waals surface area (Å²) in [6.07, 6.45) is 9.03. The second-order valence-electron chi connectivity index (χ2n) is 7.63. The predicted octanol–water partition coefficient (Wildman–Crippen LogP) is 4.69. The lowest BCUT2D eigenvalue weighted by Crippen LogP contribution is -2.50. The summed E-state index contributed by atoms with van der Waals surface area (Å²) in [6, 6.07) is 11.2. The van der Waals surface area contributed by atoms with Crippen LogP contribution in [0.25, 0.3) is 0 Å². The van der Waals surface area contributed by atoms with E-state index in [0.29, 0.717) is 0 Å². The molecule has 0 radical (unpaired) electrons. The third kappa shape index (κ3) is 1.73. The minimum Gasteiger partial charge on any atom is -0.0622 e. The van der Waals surface area contributed by atoms with E-state index in [-0.39, 0.29) is 0 Å². The van der Waals surface area contributed by atoms with Gasteiger partial charge in [0.1, 0.15) is 0 Å². The molecule has 0 saturated heterocycles. The molecule has 5 rings (SSSR count). The lowest BCUT2D eigenvalue weighted by molar-refractivity contribution is -0.0856. The average molecular weight is 240 g/mol. The van der Waals surface area contributed by atoms with Gasteiger partial charge in [0.25, 0.3) is 0 Å². The topological polar surface area (TPSA) is 0 Å². The highest BCUT2D eigenvalue weighted by Crippen LogP contribution is 2.62. The first-order chi connectivity index (χ1) is 8.72. The molecule has 0 heterocycles. The molecule has 2 unspecified atom stereocenters. The summed E-state index contributed by atoms with van der Waals surface area (Å²) in [7, 11) is 0. The zero-order chi connectivity index (χ0) is 12.2. The van der Waals surface area contributed by atoms with Gasteiger partial charge >= 0.3 is 0 Å². The van der Waals surface area contributed by atoms with Crippen molar-refractivity contribution in [2.24, 2.45) is 29.1 Å². The van der Waals surface area contributed by atoms with E-state index in [2.05, 4.69) is 37.3 Å². The van der Waals surface area contributed by atoms with Crippen molar-refractivity contribution in [3.05, 3.63) is 35.9 Å². The van der Waals surface area contributed by atoms with Gasteiger partial charge in [-0.15, -0.1) is 0 Å². The fourth-order valence-corrected chi connectivity index (χ4v) is 5.76.